The van der Waals surface area contributed by atoms with Gasteiger partial charge in [0.25, 0.3) is 5.91 Å². The minimum Gasteiger partial charge on any atom is -0.480 e. The highest BCUT2D eigenvalue weighted by Gasteiger charge is 2.38. The third kappa shape index (κ3) is 5.15. The van der Waals surface area contributed by atoms with E-state index in [0.29, 0.717) is 24.9 Å². The molecule has 2 heterocycles. The van der Waals surface area contributed by atoms with Crippen molar-refractivity contribution in [2.45, 2.75) is 6.18 Å². The predicted octanol–water partition coefficient (Wildman–Crippen LogP) is 2.11. The quantitative estimate of drug-likeness (QED) is 0.850. The molecule has 2 fully saturated rings. The zero-order valence-electron chi connectivity index (χ0n) is 13.4. The summed E-state index contributed by atoms with van der Waals surface area (Å²) in [5.41, 5.74) is 0. The van der Waals surface area contributed by atoms with Crippen LogP contribution in [0.2, 0.25) is 0 Å². The van der Waals surface area contributed by atoms with Crippen molar-refractivity contribution in [2.24, 2.45) is 11.8 Å². The topological polar surface area (TPSA) is 50.8 Å². The van der Waals surface area contributed by atoms with Crippen LogP contribution in [0.15, 0.2) is 24.3 Å². The Morgan fingerprint density at radius 2 is 1.68 bits per heavy atom. The third-order valence-corrected chi connectivity index (χ3v) is 4.33. The summed E-state index contributed by atoms with van der Waals surface area (Å²) in [5, 5.41) is 3.30. The molecule has 2 aliphatic heterocycles. The Morgan fingerprint density at radius 3 is 2.24 bits per heavy atom. The van der Waals surface area contributed by atoms with E-state index in [-0.39, 0.29) is 36.4 Å². The fraction of sp³-hybridized carbons (Fsp3) is 0.562. The number of ether oxygens (including phenoxy) is 2. The van der Waals surface area contributed by atoms with Crippen LogP contribution in [0.25, 0.3) is 0 Å². The number of alkyl halides is 3. The van der Waals surface area contributed by atoms with E-state index < -0.39 is 12.8 Å². The first kappa shape index (κ1) is 19.7. The summed E-state index contributed by atoms with van der Waals surface area (Å²) in [7, 11) is 0. The number of para-hydroxylation sites is 2. The third-order valence-electron chi connectivity index (χ3n) is 4.33. The number of hydrogen-bond acceptors (Lipinski definition) is 4. The van der Waals surface area contributed by atoms with E-state index in [0.717, 1.165) is 13.1 Å². The summed E-state index contributed by atoms with van der Waals surface area (Å²) in [4.78, 5) is 14.0. The molecule has 1 N–H and O–H groups in total. The monoisotopic (exact) mass is 380 g/mol. The molecule has 9 heteroatoms. The van der Waals surface area contributed by atoms with Gasteiger partial charge in [-0.25, -0.2) is 0 Å². The van der Waals surface area contributed by atoms with Gasteiger partial charge < -0.3 is 19.7 Å². The average molecular weight is 381 g/mol. The number of halogens is 4. The molecule has 2 atom stereocenters. The van der Waals surface area contributed by atoms with Crippen LogP contribution in [0, 0.1) is 11.8 Å². The molecule has 0 saturated carbocycles. The molecule has 0 aromatic heterocycles. The van der Waals surface area contributed by atoms with Crippen molar-refractivity contribution in [3.05, 3.63) is 24.3 Å². The molecule has 1 aromatic carbocycles. The Morgan fingerprint density at radius 1 is 1.12 bits per heavy atom. The number of carbonyl (C=O) groups excluding carboxylic acids is 1. The molecule has 3 rings (SSSR count). The first-order valence-corrected chi connectivity index (χ1v) is 7.82. The Kier molecular flexibility index (Phi) is 6.40. The van der Waals surface area contributed by atoms with E-state index in [2.05, 4.69) is 5.32 Å². The second kappa shape index (κ2) is 8.14. The molecule has 5 nitrogen and oxygen atoms in total. The first-order valence-electron chi connectivity index (χ1n) is 7.82. The summed E-state index contributed by atoms with van der Waals surface area (Å²) in [6, 6.07) is 6.04. The van der Waals surface area contributed by atoms with Crippen molar-refractivity contribution in [2.75, 3.05) is 39.4 Å². The van der Waals surface area contributed by atoms with E-state index in [9.17, 15) is 18.0 Å². The molecule has 1 aromatic rings. The molecule has 0 aliphatic carbocycles. The number of nitrogens with zero attached hydrogens (tertiary/aromatic N) is 1. The number of rotatable bonds is 5. The van der Waals surface area contributed by atoms with Gasteiger partial charge in [0.1, 0.15) is 0 Å². The molecule has 2 saturated heterocycles. The summed E-state index contributed by atoms with van der Waals surface area (Å²) >= 11 is 0. The first-order chi connectivity index (χ1) is 11.4. The molecule has 0 bridgehead atoms. The highest BCUT2D eigenvalue weighted by molar-refractivity contribution is 5.85. The van der Waals surface area contributed by atoms with E-state index in [1.807, 2.05) is 0 Å². The molecule has 0 spiro atoms. The van der Waals surface area contributed by atoms with Crippen molar-refractivity contribution in [1.82, 2.24) is 10.2 Å². The Labute approximate surface area is 149 Å². The Hall–Kier alpha value is -1.67. The van der Waals surface area contributed by atoms with Crippen LogP contribution in [0.1, 0.15) is 0 Å². The Balaban J connectivity index is 0.00000225. The van der Waals surface area contributed by atoms with Crippen molar-refractivity contribution in [3.63, 3.8) is 0 Å². The predicted molar refractivity (Wildman–Crippen MR) is 87.2 cm³/mol. The van der Waals surface area contributed by atoms with Gasteiger partial charge in [0.15, 0.2) is 24.7 Å². The van der Waals surface area contributed by atoms with Gasteiger partial charge in [0, 0.05) is 26.2 Å². The van der Waals surface area contributed by atoms with Gasteiger partial charge in [0.2, 0.25) is 0 Å². The zero-order chi connectivity index (χ0) is 17.2. The normalized spacial score (nSPS) is 22.3. The molecule has 0 radical (unpaired) electrons. The molecule has 140 valence electrons. The summed E-state index contributed by atoms with van der Waals surface area (Å²) < 4.78 is 47.0. The van der Waals surface area contributed by atoms with Crippen molar-refractivity contribution >= 4 is 18.3 Å². The number of carbonyl (C=O) groups is 1. The van der Waals surface area contributed by atoms with Gasteiger partial charge in [-0.3, -0.25) is 4.79 Å². The molecular weight excluding hydrogens is 361 g/mol. The summed E-state index contributed by atoms with van der Waals surface area (Å²) in [6.07, 6.45) is -4.43. The van der Waals surface area contributed by atoms with Crippen LogP contribution in [0.5, 0.6) is 11.5 Å². The molecule has 1 amide bonds. The minimum atomic E-state index is -4.43. The van der Waals surface area contributed by atoms with Crippen LogP contribution in [-0.4, -0.2) is 56.4 Å². The van der Waals surface area contributed by atoms with Crippen LogP contribution >= 0.6 is 12.4 Å². The van der Waals surface area contributed by atoms with E-state index in [4.69, 9.17) is 9.47 Å². The number of likely N-dealkylation sites (tertiary alicyclic amines) is 1. The number of benzene rings is 1. The highest BCUT2D eigenvalue weighted by atomic mass is 35.5. The Bertz CT molecular complexity index is 588. The van der Waals surface area contributed by atoms with Crippen LogP contribution in [-0.2, 0) is 4.79 Å². The number of fused-ring (bicyclic) bond motifs is 1. The summed E-state index contributed by atoms with van der Waals surface area (Å²) in [6.45, 7) is 1.63. The second-order valence-electron chi connectivity index (χ2n) is 6.12. The van der Waals surface area contributed by atoms with Crippen molar-refractivity contribution in [3.8, 4) is 11.5 Å². The van der Waals surface area contributed by atoms with Gasteiger partial charge in [-0.15, -0.1) is 12.4 Å². The van der Waals surface area contributed by atoms with Gasteiger partial charge in [0.05, 0.1) is 0 Å². The zero-order valence-corrected chi connectivity index (χ0v) is 14.2. The number of amides is 1. The van der Waals surface area contributed by atoms with Gasteiger partial charge in [-0.1, -0.05) is 12.1 Å². The maximum absolute atomic E-state index is 12.3. The van der Waals surface area contributed by atoms with Crippen molar-refractivity contribution in [1.29, 1.82) is 0 Å². The highest BCUT2D eigenvalue weighted by Crippen LogP contribution is 2.29. The average Bonchev–Trinajstić information content (AvgIpc) is 3.12. The van der Waals surface area contributed by atoms with Crippen molar-refractivity contribution < 1.29 is 27.4 Å². The van der Waals surface area contributed by atoms with Gasteiger partial charge in [-0.05, 0) is 24.0 Å². The smallest absolute Gasteiger partial charge is 0.422 e. The van der Waals surface area contributed by atoms with E-state index in [1.165, 1.54) is 12.1 Å². The fourth-order valence-electron chi connectivity index (χ4n) is 3.14. The lowest BCUT2D eigenvalue weighted by Gasteiger charge is -2.18. The SMILES string of the molecule is Cl.O=C(COc1ccccc1OCC(F)(F)F)N1C[C@H]2CNC[C@H]2C1. The largest absolute Gasteiger partial charge is 0.480 e. The number of hydrogen-bond donors (Lipinski definition) is 1. The van der Waals surface area contributed by atoms with Gasteiger partial charge in [-0.2, -0.15) is 13.2 Å². The minimum absolute atomic E-state index is 0. The molecule has 0 unspecified atom stereocenters. The second-order valence-corrected chi connectivity index (χ2v) is 6.12. The lowest BCUT2D eigenvalue weighted by atomic mass is 10.0. The molecule has 25 heavy (non-hydrogen) atoms. The molecule has 2 aliphatic rings. The van der Waals surface area contributed by atoms with Crippen LogP contribution < -0.4 is 14.8 Å². The maximum atomic E-state index is 12.3. The summed E-state index contributed by atoms with van der Waals surface area (Å²) in [5.74, 6) is 0.920. The number of nitrogens with one attached hydrogen (secondary N) is 1. The molecular formula is C16H20ClF3N2O3. The lowest BCUT2D eigenvalue weighted by molar-refractivity contribution is -0.153. The fourth-order valence-corrected chi connectivity index (χ4v) is 3.14. The standard InChI is InChI=1S/C16H19F3N2O3.ClH/c17-16(18,19)10-24-14-4-2-1-3-13(14)23-9-15(22)21-7-11-5-20-6-12(11)8-21;/h1-4,11-12,20H,5-10H2;1H/t11-,12+;. The van der Waals surface area contributed by atoms with Crippen LogP contribution in [0.4, 0.5) is 13.2 Å². The van der Waals surface area contributed by atoms with E-state index >= 15 is 0 Å². The maximum Gasteiger partial charge on any atom is 0.422 e. The van der Waals surface area contributed by atoms with Crippen LogP contribution in [0.3, 0.4) is 0 Å². The van der Waals surface area contributed by atoms with E-state index in [1.54, 1.807) is 17.0 Å². The lowest BCUT2D eigenvalue weighted by Crippen LogP contribution is -2.35. The van der Waals surface area contributed by atoms with Gasteiger partial charge >= 0.3 is 6.18 Å².